The smallest absolute Gasteiger partial charge is 0.146 e. The molecule has 0 atom stereocenters. The molecule has 0 aliphatic heterocycles. The maximum Gasteiger partial charge on any atom is 0.146 e. The molecule has 2 aromatic carbocycles. The summed E-state index contributed by atoms with van der Waals surface area (Å²) in [4.78, 5) is 0. The van der Waals surface area contributed by atoms with E-state index in [9.17, 15) is 4.39 Å². The first-order valence-corrected chi connectivity index (χ1v) is 4.58. The van der Waals surface area contributed by atoms with Gasteiger partial charge in [-0.25, -0.2) is 4.39 Å². The highest BCUT2D eigenvalue weighted by atomic mass is 19.1. The molecular formula is C12H11FN2. The molecule has 0 aliphatic carbocycles. The molecule has 0 bridgehead atoms. The van der Waals surface area contributed by atoms with E-state index < -0.39 is 5.82 Å². The van der Waals surface area contributed by atoms with Crippen molar-refractivity contribution in [1.29, 1.82) is 0 Å². The fraction of sp³-hybridized carbons (Fsp3) is 0. The fourth-order valence-corrected chi connectivity index (χ4v) is 1.45. The number of nitrogens with two attached hydrogens (primary N) is 2. The van der Waals surface area contributed by atoms with E-state index in [1.54, 1.807) is 24.3 Å². The standard InChI is InChI=1S/C12H11FN2/c13-11-3-1-2-10(12(11)15)8-4-6-9(14)7-5-8/h1-7H,14-15H2. The molecule has 0 amide bonds. The minimum absolute atomic E-state index is 0.169. The molecule has 3 heteroatoms. The predicted octanol–water partition coefficient (Wildman–Crippen LogP) is 2.66. The number of halogens is 1. The van der Waals surface area contributed by atoms with Crippen molar-refractivity contribution >= 4 is 11.4 Å². The molecule has 76 valence electrons. The summed E-state index contributed by atoms with van der Waals surface area (Å²) < 4.78 is 13.2. The van der Waals surface area contributed by atoms with Gasteiger partial charge >= 0.3 is 0 Å². The molecule has 15 heavy (non-hydrogen) atoms. The third-order valence-corrected chi connectivity index (χ3v) is 2.27. The lowest BCUT2D eigenvalue weighted by atomic mass is 10.0. The van der Waals surface area contributed by atoms with Gasteiger partial charge in [-0.15, -0.1) is 0 Å². The highest BCUT2D eigenvalue weighted by Gasteiger charge is 2.05. The maximum absolute atomic E-state index is 13.2. The fourth-order valence-electron chi connectivity index (χ4n) is 1.45. The van der Waals surface area contributed by atoms with Crippen molar-refractivity contribution in [2.45, 2.75) is 0 Å². The number of para-hydroxylation sites is 1. The Bertz CT molecular complexity index is 477. The molecule has 2 aromatic rings. The molecular weight excluding hydrogens is 191 g/mol. The highest BCUT2D eigenvalue weighted by Crippen LogP contribution is 2.28. The molecule has 2 rings (SSSR count). The highest BCUT2D eigenvalue weighted by molar-refractivity contribution is 5.77. The van der Waals surface area contributed by atoms with Crippen molar-refractivity contribution in [2.75, 3.05) is 11.5 Å². The van der Waals surface area contributed by atoms with Crippen LogP contribution in [-0.2, 0) is 0 Å². The Hall–Kier alpha value is -2.03. The molecule has 0 spiro atoms. The number of hydrogen-bond acceptors (Lipinski definition) is 2. The van der Waals surface area contributed by atoms with Gasteiger partial charge in [0.2, 0.25) is 0 Å². The van der Waals surface area contributed by atoms with Crippen LogP contribution < -0.4 is 11.5 Å². The van der Waals surface area contributed by atoms with Crippen LogP contribution in [0, 0.1) is 5.82 Å². The summed E-state index contributed by atoms with van der Waals surface area (Å²) in [6.07, 6.45) is 0. The van der Waals surface area contributed by atoms with E-state index in [1.807, 2.05) is 12.1 Å². The normalized spacial score (nSPS) is 10.2. The number of hydrogen-bond donors (Lipinski definition) is 2. The van der Waals surface area contributed by atoms with Crippen molar-refractivity contribution in [1.82, 2.24) is 0 Å². The van der Waals surface area contributed by atoms with Crippen LogP contribution in [0.3, 0.4) is 0 Å². The summed E-state index contributed by atoms with van der Waals surface area (Å²) >= 11 is 0. The van der Waals surface area contributed by atoms with E-state index in [0.29, 0.717) is 11.3 Å². The van der Waals surface area contributed by atoms with E-state index in [4.69, 9.17) is 11.5 Å². The summed E-state index contributed by atoms with van der Waals surface area (Å²) in [7, 11) is 0. The number of rotatable bonds is 1. The Morgan fingerprint density at radius 2 is 1.53 bits per heavy atom. The van der Waals surface area contributed by atoms with Crippen molar-refractivity contribution in [3.05, 3.63) is 48.3 Å². The zero-order valence-corrected chi connectivity index (χ0v) is 8.07. The van der Waals surface area contributed by atoms with Crippen molar-refractivity contribution in [2.24, 2.45) is 0 Å². The number of benzene rings is 2. The molecule has 0 aromatic heterocycles. The Labute approximate surface area is 87.3 Å². The van der Waals surface area contributed by atoms with E-state index >= 15 is 0 Å². The molecule has 0 unspecified atom stereocenters. The first-order valence-electron chi connectivity index (χ1n) is 4.58. The lowest BCUT2D eigenvalue weighted by molar-refractivity contribution is 0.633. The summed E-state index contributed by atoms with van der Waals surface area (Å²) in [6, 6.07) is 11.9. The molecule has 0 saturated heterocycles. The van der Waals surface area contributed by atoms with E-state index in [-0.39, 0.29) is 5.69 Å². The van der Waals surface area contributed by atoms with E-state index in [1.165, 1.54) is 6.07 Å². The summed E-state index contributed by atoms with van der Waals surface area (Å²) in [5, 5.41) is 0. The van der Waals surface area contributed by atoms with Gasteiger partial charge in [-0.2, -0.15) is 0 Å². The van der Waals surface area contributed by atoms with E-state index in [2.05, 4.69) is 0 Å². The number of nitrogen functional groups attached to an aromatic ring is 2. The monoisotopic (exact) mass is 202 g/mol. The topological polar surface area (TPSA) is 52.0 Å². The quantitative estimate of drug-likeness (QED) is 0.698. The summed E-state index contributed by atoms with van der Waals surface area (Å²) in [5.41, 5.74) is 13.6. The second-order valence-corrected chi connectivity index (χ2v) is 3.32. The Balaban J connectivity index is 2.54. The van der Waals surface area contributed by atoms with Crippen LogP contribution in [-0.4, -0.2) is 0 Å². The first kappa shape index (κ1) is 9.52. The largest absolute Gasteiger partial charge is 0.399 e. The first-order chi connectivity index (χ1) is 7.18. The van der Waals surface area contributed by atoms with Crippen LogP contribution >= 0.6 is 0 Å². The van der Waals surface area contributed by atoms with Gasteiger partial charge in [0.05, 0.1) is 5.69 Å². The van der Waals surface area contributed by atoms with E-state index in [0.717, 1.165) is 5.56 Å². The lowest BCUT2D eigenvalue weighted by Crippen LogP contribution is -1.94. The van der Waals surface area contributed by atoms with Gasteiger partial charge in [0.25, 0.3) is 0 Å². The molecule has 2 nitrogen and oxygen atoms in total. The van der Waals surface area contributed by atoms with Gasteiger partial charge in [0.15, 0.2) is 0 Å². The molecule has 0 heterocycles. The van der Waals surface area contributed by atoms with Gasteiger partial charge in [-0.05, 0) is 23.8 Å². The van der Waals surface area contributed by atoms with Crippen LogP contribution in [0.2, 0.25) is 0 Å². The minimum Gasteiger partial charge on any atom is -0.399 e. The Kier molecular flexibility index (Phi) is 2.29. The summed E-state index contributed by atoms with van der Waals surface area (Å²) in [6.45, 7) is 0. The van der Waals surface area contributed by atoms with Crippen LogP contribution in [0.25, 0.3) is 11.1 Å². The third-order valence-electron chi connectivity index (χ3n) is 2.27. The minimum atomic E-state index is -0.399. The SMILES string of the molecule is Nc1ccc(-c2cccc(F)c2N)cc1. The second-order valence-electron chi connectivity index (χ2n) is 3.32. The Morgan fingerprint density at radius 3 is 2.20 bits per heavy atom. The van der Waals surface area contributed by atoms with Crippen LogP contribution in [0.4, 0.5) is 15.8 Å². The van der Waals surface area contributed by atoms with Crippen molar-refractivity contribution < 1.29 is 4.39 Å². The molecule has 0 aliphatic rings. The van der Waals surface area contributed by atoms with Gasteiger partial charge in [0.1, 0.15) is 5.82 Å². The Morgan fingerprint density at radius 1 is 0.867 bits per heavy atom. The number of anilines is 2. The summed E-state index contributed by atoms with van der Waals surface area (Å²) in [5.74, 6) is -0.399. The van der Waals surface area contributed by atoms with Crippen LogP contribution in [0.1, 0.15) is 0 Å². The zero-order valence-electron chi connectivity index (χ0n) is 8.07. The van der Waals surface area contributed by atoms with Crippen molar-refractivity contribution in [3.8, 4) is 11.1 Å². The zero-order chi connectivity index (χ0) is 10.8. The molecule has 0 saturated carbocycles. The van der Waals surface area contributed by atoms with Gasteiger partial charge < -0.3 is 11.5 Å². The predicted molar refractivity (Wildman–Crippen MR) is 60.7 cm³/mol. The average molecular weight is 202 g/mol. The van der Waals surface area contributed by atoms with Gasteiger partial charge in [0, 0.05) is 11.3 Å². The lowest BCUT2D eigenvalue weighted by Gasteiger charge is -2.06. The maximum atomic E-state index is 13.2. The molecule has 0 fully saturated rings. The average Bonchev–Trinajstić information content (AvgIpc) is 2.24. The van der Waals surface area contributed by atoms with Crippen LogP contribution in [0.15, 0.2) is 42.5 Å². The third kappa shape index (κ3) is 1.76. The second kappa shape index (κ2) is 3.61. The van der Waals surface area contributed by atoms with Crippen LogP contribution in [0.5, 0.6) is 0 Å². The molecule has 0 radical (unpaired) electrons. The van der Waals surface area contributed by atoms with Crippen molar-refractivity contribution in [3.63, 3.8) is 0 Å². The van der Waals surface area contributed by atoms with Gasteiger partial charge in [-0.3, -0.25) is 0 Å². The molecule has 4 N–H and O–H groups in total. The van der Waals surface area contributed by atoms with Gasteiger partial charge in [-0.1, -0.05) is 24.3 Å².